The number of rotatable bonds is 3. The van der Waals surface area contributed by atoms with Crippen LogP contribution in [0.5, 0.6) is 0 Å². The molecule has 1 aromatic heterocycles. The molecule has 1 saturated heterocycles. The van der Waals surface area contributed by atoms with Crippen molar-refractivity contribution >= 4 is 22.7 Å². The van der Waals surface area contributed by atoms with E-state index in [1.807, 2.05) is 7.05 Å². The topological polar surface area (TPSA) is 78.4 Å². The molecule has 1 aliphatic heterocycles. The van der Waals surface area contributed by atoms with Gasteiger partial charge in [-0.25, -0.2) is 14.8 Å². The van der Waals surface area contributed by atoms with E-state index < -0.39 is 5.97 Å². The molecule has 21 heavy (non-hydrogen) atoms. The number of nitrogens with one attached hydrogen (secondary N) is 1. The molecule has 0 saturated carbocycles. The summed E-state index contributed by atoms with van der Waals surface area (Å²) in [5.41, 5.74) is 0.914. The van der Waals surface area contributed by atoms with Crippen molar-refractivity contribution in [2.24, 2.45) is 0 Å². The smallest absolute Gasteiger partial charge is 0.335 e. The largest absolute Gasteiger partial charge is 0.478 e. The molecule has 0 amide bonds. The minimum Gasteiger partial charge on any atom is -0.478 e. The number of carboxylic acid groups (broad SMARTS) is 1. The third-order valence-corrected chi connectivity index (χ3v) is 4.05. The second kappa shape index (κ2) is 5.65. The van der Waals surface area contributed by atoms with Gasteiger partial charge in [-0.1, -0.05) is 0 Å². The van der Waals surface area contributed by atoms with E-state index in [1.165, 1.54) is 6.33 Å². The van der Waals surface area contributed by atoms with Crippen LogP contribution in [-0.4, -0.2) is 47.2 Å². The molecular weight excluding hydrogens is 268 g/mol. The van der Waals surface area contributed by atoms with E-state index in [0.717, 1.165) is 37.1 Å². The van der Waals surface area contributed by atoms with Crippen LogP contribution in [0, 0.1) is 0 Å². The number of anilines is 1. The molecule has 3 rings (SSSR count). The normalized spacial score (nSPS) is 16.0. The molecule has 0 spiro atoms. The van der Waals surface area contributed by atoms with Gasteiger partial charge < -0.3 is 15.3 Å². The van der Waals surface area contributed by atoms with Crippen LogP contribution in [0.4, 0.5) is 5.82 Å². The van der Waals surface area contributed by atoms with Crippen LogP contribution < -0.4 is 10.2 Å². The third-order valence-electron chi connectivity index (χ3n) is 4.05. The number of carboxylic acids is 1. The zero-order valence-corrected chi connectivity index (χ0v) is 11.9. The predicted octanol–water partition coefficient (Wildman–Crippen LogP) is 1.52. The number of nitrogens with zero attached hydrogens (tertiary/aromatic N) is 3. The van der Waals surface area contributed by atoms with Crippen molar-refractivity contribution in [1.29, 1.82) is 0 Å². The summed E-state index contributed by atoms with van der Waals surface area (Å²) >= 11 is 0. The van der Waals surface area contributed by atoms with E-state index in [1.54, 1.807) is 18.2 Å². The Morgan fingerprint density at radius 3 is 2.81 bits per heavy atom. The first-order valence-electron chi connectivity index (χ1n) is 7.08. The highest BCUT2D eigenvalue weighted by Gasteiger charge is 2.20. The van der Waals surface area contributed by atoms with Gasteiger partial charge in [0.05, 0.1) is 11.1 Å². The lowest BCUT2D eigenvalue weighted by atomic mass is 10.0. The van der Waals surface area contributed by atoms with E-state index in [4.69, 9.17) is 5.11 Å². The fourth-order valence-electron chi connectivity index (χ4n) is 2.82. The van der Waals surface area contributed by atoms with Crippen molar-refractivity contribution in [3.63, 3.8) is 0 Å². The Hall–Kier alpha value is -2.21. The Labute approximate surface area is 122 Å². The average Bonchev–Trinajstić information content (AvgIpc) is 2.54. The molecule has 0 radical (unpaired) electrons. The van der Waals surface area contributed by atoms with Crippen LogP contribution in [0.25, 0.3) is 10.9 Å². The van der Waals surface area contributed by atoms with Gasteiger partial charge in [-0.2, -0.15) is 0 Å². The van der Waals surface area contributed by atoms with Crippen LogP contribution in [0.2, 0.25) is 0 Å². The molecule has 0 atom stereocenters. The number of piperidine rings is 1. The molecule has 6 heteroatoms. The molecule has 1 fully saturated rings. The Kier molecular flexibility index (Phi) is 3.70. The lowest BCUT2D eigenvalue weighted by Crippen LogP contribution is -2.41. The number of hydrogen-bond donors (Lipinski definition) is 2. The van der Waals surface area contributed by atoms with Gasteiger partial charge in [0.2, 0.25) is 0 Å². The number of benzene rings is 1. The summed E-state index contributed by atoms with van der Waals surface area (Å²) in [5, 5.41) is 13.3. The molecule has 2 heterocycles. The maximum absolute atomic E-state index is 11.0. The van der Waals surface area contributed by atoms with Gasteiger partial charge in [0.1, 0.15) is 12.1 Å². The molecule has 0 bridgehead atoms. The summed E-state index contributed by atoms with van der Waals surface area (Å²) in [7, 11) is 2.04. The summed E-state index contributed by atoms with van der Waals surface area (Å²) in [6.45, 7) is 2.03. The van der Waals surface area contributed by atoms with Crippen molar-refractivity contribution in [2.75, 3.05) is 25.0 Å². The van der Waals surface area contributed by atoms with Crippen molar-refractivity contribution in [1.82, 2.24) is 15.3 Å². The molecule has 2 N–H and O–H groups in total. The number of hydrogen-bond acceptors (Lipinski definition) is 5. The van der Waals surface area contributed by atoms with E-state index in [9.17, 15) is 4.79 Å². The molecular formula is C15H18N4O2. The number of aromatic nitrogens is 2. The summed E-state index contributed by atoms with van der Waals surface area (Å²) in [5.74, 6) is -0.0763. The second-order valence-electron chi connectivity index (χ2n) is 5.33. The van der Waals surface area contributed by atoms with E-state index in [2.05, 4.69) is 20.2 Å². The number of carbonyl (C=O) groups is 1. The molecule has 0 aliphatic carbocycles. The zero-order valence-electron chi connectivity index (χ0n) is 11.9. The first-order chi connectivity index (χ1) is 10.2. The Morgan fingerprint density at radius 1 is 1.33 bits per heavy atom. The Balaban J connectivity index is 2.00. The number of fused-ring (bicyclic) bond motifs is 1. The second-order valence-corrected chi connectivity index (χ2v) is 5.33. The Morgan fingerprint density at radius 2 is 2.10 bits per heavy atom. The van der Waals surface area contributed by atoms with Crippen LogP contribution in [-0.2, 0) is 0 Å². The maximum atomic E-state index is 11.0. The third kappa shape index (κ3) is 2.67. The Bertz CT molecular complexity index is 668. The van der Waals surface area contributed by atoms with Gasteiger partial charge in [-0.15, -0.1) is 0 Å². The van der Waals surface area contributed by atoms with Crippen LogP contribution in [0.15, 0.2) is 24.5 Å². The minimum absolute atomic E-state index is 0.247. The molecule has 1 aliphatic rings. The lowest BCUT2D eigenvalue weighted by molar-refractivity contribution is 0.0697. The van der Waals surface area contributed by atoms with Crippen molar-refractivity contribution < 1.29 is 9.90 Å². The molecule has 2 aromatic rings. The van der Waals surface area contributed by atoms with Gasteiger partial charge in [-0.3, -0.25) is 0 Å². The highest BCUT2D eigenvalue weighted by molar-refractivity contribution is 5.96. The molecule has 110 valence electrons. The average molecular weight is 286 g/mol. The molecule has 6 nitrogen and oxygen atoms in total. The standard InChI is InChI=1S/C15H18N4O2/c1-19(11-4-6-16-7-5-11)14-12-3-2-10(15(20)21)8-13(12)17-9-18-14/h2-3,8-9,11,16H,4-7H2,1H3,(H,20,21). The number of aromatic carboxylic acids is 1. The SMILES string of the molecule is CN(c1ncnc2cc(C(=O)O)ccc12)C1CCNCC1. The zero-order chi connectivity index (χ0) is 14.8. The summed E-state index contributed by atoms with van der Waals surface area (Å²) in [6, 6.07) is 5.45. The fourth-order valence-corrected chi connectivity index (χ4v) is 2.82. The van der Waals surface area contributed by atoms with Crippen molar-refractivity contribution in [2.45, 2.75) is 18.9 Å². The maximum Gasteiger partial charge on any atom is 0.335 e. The fraction of sp³-hybridized carbons (Fsp3) is 0.400. The van der Waals surface area contributed by atoms with Crippen LogP contribution in [0.3, 0.4) is 0 Å². The predicted molar refractivity (Wildman–Crippen MR) is 80.8 cm³/mol. The van der Waals surface area contributed by atoms with E-state index in [-0.39, 0.29) is 5.56 Å². The molecule has 0 unspecified atom stereocenters. The first-order valence-corrected chi connectivity index (χ1v) is 7.08. The minimum atomic E-state index is -0.941. The van der Waals surface area contributed by atoms with Crippen LogP contribution in [0.1, 0.15) is 23.2 Å². The summed E-state index contributed by atoms with van der Waals surface area (Å²) in [6.07, 6.45) is 3.66. The molecule has 1 aromatic carbocycles. The van der Waals surface area contributed by atoms with Crippen molar-refractivity contribution in [3.8, 4) is 0 Å². The quantitative estimate of drug-likeness (QED) is 0.890. The van der Waals surface area contributed by atoms with Gasteiger partial charge in [0, 0.05) is 18.5 Å². The lowest BCUT2D eigenvalue weighted by Gasteiger charge is -2.32. The van der Waals surface area contributed by atoms with Crippen LogP contribution >= 0.6 is 0 Å². The first kappa shape index (κ1) is 13.8. The summed E-state index contributed by atoms with van der Waals surface area (Å²) in [4.78, 5) is 21.8. The highest BCUT2D eigenvalue weighted by atomic mass is 16.4. The van der Waals surface area contributed by atoms with Crippen molar-refractivity contribution in [3.05, 3.63) is 30.1 Å². The van der Waals surface area contributed by atoms with Gasteiger partial charge in [-0.05, 0) is 44.1 Å². The van der Waals surface area contributed by atoms with Gasteiger partial charge >= 0.3 is 5.97 Å². The van der Waals surface area contributed by atoms with E-state index in [0.29, 0.717) is 11.6 Å². The van der Waals surface area contributed by atoms with Gasteiger partial charge in [0.15, 0.2) is 0 Å². The van der Waals surface area contributed by atoms with E-state index >= 15 is 0 Å². The summed E-state index contributed by atoms with van der Waals surface area (Å²) < 4.78 is 0. The van der Waals surface area contributed by atoms with Gasteiger partial charge in [0.25, 0.3) is 0 Å². The highest BCUT2D eigenvalue weighted by Crippen LogP contribution is 2.26. The monoisotopic (exact) mass is 286 g/mol.